The van der Waals surface area contributed by atoms with Crippen LogP contribution in [0.15, 0.2) is 77.9 Å². The Morgan fingerprint density at radius 2 is 1.82 bits per heavy atom. The van der Waals surface area contributed by atoms with Crippen LogP contribution in [0.25, 0.3) is 10.8 Å². The summed E-state index contributed by atoms with van der Waals surface area (Å²) in [6.07, 6.45) is 9.15. The summed E-state index contributed by atoms with van der Waals surface area (Å²) in [5.74, 6) is 0. The molecule has 3 rings (SSSR count). The maximum Gasteiger partial charge on any atom is 0.0681 e. The van der Waals surface area contributed by atoms with Crippen molar-refractivity contribution >= 4 is 10.8 Å². The average molecular weight is 291 g/mol. The largest absolute Gasteiger partial charge is 0.392 e. The van der Waals surface area contributed by atoms with Gasteiger partial charge in [-0.05, 0) is 28.3 Å². The van der Waals surface area contributed by atoms with Crippen molar-refractivity contribution in [2.45, 2.75) is 13.0 Å². The first-order chi connectivity index (χ1) is 10.9. The Labute approximate surface area is 131 Å². The molecule has 0 radical (unpaired) electrons. The van der Waals surface area contributed by atoms with Crippen LogP contribution in [-0.4, -0.2) is 18.3 Å². The van der Waals surface area contributed by atoms with E-state index in [1.165, 1.54) is 21.9 Å². The van der Waals surface area contributed by atoms with Gasteiger partial charge < -0.3 is 10.4 Å². The van der Waals surface area contributed by atoms with Crippen molar-refractivity contribution < 1.29 is 5.11 Å². The first-order valence-electron chi connectivity index (χ1n) is 7.70. The standard InChI is InChI=1S/C20H21NO/c22-15-17-6-3-5-16(11-12-17)13-21-14-19-9-4-8-18-7-1-2-10-20(18)19/h1-4,6-12,21-22H,5,13-15H2. The van der Waals surface area contributed by atoms with E-state index in [2.05, 4.69) is 59.9 Å². The van der Waals surface area contributed by atoms with E-state index < -0.39 is 0 Å². The number of benzene rings is 2. The van der Waals surface area contributed by atoms with Crippen LogP contribution in [-0.2, 0) is 6.54 Å². The smallest absolute Gasteiger partial charge is 0.0681 e. The zero-order valence-electron chi connectivity index (χ0n) is 12.6. The highest BCUT2D eigenvalue weighted by Crippen LogP contribution is 2.18. The molecule has 2 aromatic rings. The quantitative estimate of drug-likeness (QED) is 0.879. The molecule has 22 heavy (non-hydrogen) atoms. The molecule has 0 fully saturated rings. The minimum atomic E-state index is 0.101. The highest BCUT2D eigenvalue weighted by atomic mass is 16.3. The van der Waals surface area contributed by atoms with Crippen LogP contribution in [0.4, 0.5) is 0 Å². The predicted octanol–water partition coefficient (Wildman–Crippen LogP) is 3.73. The third kappa shape index (κ3) is 3.53. The number of hydrogen-bond donors (Lipinski definition) is 2. The van der Waals surface area contributed by atoms with Crippen molar-refractivity contribution in [2.24, 2.45) is 0 Å². The summed E-state index contributed by atoms with van der Waals surface area (Å²) in [7, 11) is 0. The van der Waals surface area contributed by atoms with Crippen molar-refractivity contribution in [1.82, 2.24) is 5.32 Å². The van der Waals surface area contributed by atoms with Gasteiger partial charge in [-0.2, -0.15) is 0 Å². The van der Waals surface area contributed by atoms with Gasteiger partial charge in [0.25, 0.3) is 0 Å². The molecule has 0 heterocycles. The summed E-state index contributed by atoms with van der Waals surface area (Å²) in [6.45, 7) is 1.82. The van der Waals surface area contributed by atoms with Gasteiger partial charge in [0.1, 0.15) is 0 Å². The second-order valence-electron chi connectivity index (χ2n) is 5.57. The summed E-state index contributed by atoms with van der Waals surface area (Å²) in [6, 6.07) is 14.9. The maximum atomic E-state index is 9.16. The molecule has 1 aliphatic rings. The zero-order valence-corrected chi connectivity index (χ0v) is 12.6. The molecule has 0 saturated heterocycles. The predicted molar refractivity (Wildman–Crippen MR) is 92.7 cm³/mol. The lowest BCUT2D eigenvalue weighted by molar-refractivity contribution is 0.335. The monoisotopic (exact) mass is 291 g/mol. The molecule has 1 aliphatic carbocycles. The highest BCUT2D eigenvalue weighted by Gasteiger charge is 2.02. The van der Waals surface area contributed by atoms with E-state index in [-0.39, 0.29) is 6.61 Å². The van der Waals surface area contributed by atoms with Gasteiger partial charge in [0.05, 0.1) is 6.61 Å². The fraction of sp³-hybridized carbons (Fsp3) is 0.200. The SMILES string of the molecule is OCC1=CC=C(CNCc2cccc3ccccc23)CC=C1. The van der Waals surface area contributed by atoms with Crippen molar-refractivity contribution in [3.05, 3.63) is 83.5 Å². The van der Waals surface area contributed by atoms with E-state index >= 15 is 0 Å². The molecule has 0 saturated carbocycles. The Morgan fingerprint density at radius 1 is 0.955 bits per heavy atom. The third-order valence-corrected chi connectivity index (χ3v) is 3.98. The Morgan fingerprint density at radius 3 is 2.73 bits per heavy atom. The van der Waals surface area contributed by atoms with Crippen LogP contribution in [0.3, 0.4) is 0 Å². The van der Waals surface area contributed by atoms with E-state index in [9.17, 15) is 0 Å². The van der Waals surface area contributed by atoms with Crippen LogP contribution in [0.1, 0.15) is 12.0 Å². The van der Waals surface area contributed by atoms with E-state index in [1.807, 2.05) is 12.2 Å². The molecule has 0 aromatic heterocycles. The van der Waals surface area contributed by atoms with E-state index in [4.69, 9.17) is 5.11 Å². The Bertz CT molecular complexity index is 735. The van der Waals surface area contributed by atoms with Crippen LogP contribution in [0.5, 0.6) is 0 Å². The molecule has 2 N–H and O–H groups in total. The van der Waals surface area contributed by atoms with E-state index in [0.29, 0.717) is 0 Å². The molecule has 0 spiro atoms. The van der Waals surface area contributed by atoms with Crippen LogP contribution < -0.4 is 5.32 Å². The Hall–Kier alpha value is -2.16. The van der Waals surface area contributed by atoms with Crippen LogP contribution >= 0.6 is 0 Å². The lowest BCUT2D eigenvalue weighted by Crippen LogP contribution is -2.16. The van der Waals surface area contributed by atoms with Crippen LogP contribution in [0, 0.1) is 0 Å². The number of allylic oxidation sites excluding steroid dienone is 3. The third-order valence-electron chi connectivity index (χ3n) is 3.98. The lowest BCUT2D eigenvalue weighted by Gasteiger charge is -2.09. The zero-order chi connectivity index (χ0) is 15.2. The maximum absolute atomic E-state index is 9.16. The summed E-state index contributed by atoms with van der Waals surface area (Å²) in [5.41, 5.74) is 3.62. The normalized spacial score (nSPS) is 14.6. The van der Waals surface area contributed by atoms with Gasteiger partial charge in [0, 0.05) is 13.1 Å². The second kappa shape index (κ2) is 7.21. The number of nitrogens with one attached hydrogen (secondary N) is 1. The molecule has 0 aliphatic heterocycles. The first-order valence-corrected chi connectivity index (χ1v) is 7.70. The van der Waals surface area contributed by atoms with Gasteiger partial charge in [0.15, 0.2) is 0 Å². The molecule has 0 unspecified atom stereocenters. The molecule has 0 bridgehead atoms. The molecule has 0 atom stereocenters. The molecule has 2 aromatic carbocycles. The topological polar surface area (TPSA) is 32.3 Å². The summed E-state index contributed by atoms with van der Waals surface area (Å²) in [5, 5.41) is 15.3. The molecular weight excluding hydrogens is 270 g/mol. The Balaban J connectivity index is 1.64. The van der Waals surface area contributed by atoms with E-state index in [0.717, 1.165) is 25.1 Å². The van der Waals surface area contributed by atoms with Gasteiger partial charge in [0.2, 0.25) is 0 Å². The summed E-state index contributed by atoms with van der Waals surface area (Å²) in [4.78, 5) is 0. The highest BCUT2D eigenvalue weighted by molar-refractivity contribution is 5.85. The Kier molecular flexibility index (Phi) is 4.84. The number of aliphatic hydroxyl groups is 1. The fourth-order valence-corrected chi connectivity index (χ4v) is 2.75. The van der Waals surface area contributed by atoms with Crippen molar-refractivity contribution in [3.63, 3.8) is 0 Å². The van der Waals surface area contributed by atoms with Gasteiger partial charge in [-0.1, -0.05) is 72.3 Å². The number of fused-ring (bicyclic) bond motifs is 1. The number of rotatable bonds is 5. The molecule has 112 valence electrons. The van der Waals surface area contributed by atoms with Gasteiger partial charge >= 0.3 is 0 Å². The molecular formula is C20H21NO. The van der Waals surface area contributed by atoms with Crippen molar-refractivity contribution in [2.75, 3.05) is 13.2 Å². The minimum absolute atomic E-state index is 0.101. The van der Waals surface area contributed by atoms with E-state index in [1.54, 1.807) is 0 Å². The second-order valence-corrected chi connectivity index (χ2v) is 5.57. The van der Waals surface area contributed by atoms with Crippen molar-refractivity contribution in [1.29, 1.82) is 0 Å². The summed E-state index contributed by atoms with van der Waals surface area (Å²) < 4.78 is 0. The van der Waals surface area contributed by atoms with Gasteiger partial charge in [-0.25, -0.2) is 0 Å². The minimum Gasteiger partial charge on any atom is -0.392 e. The van der Waals surface area contributed by atoms with Crippen molar-refractivity contribution in [3.8, 4) is 0 Å². The van der Waals surface area contributed by atoms with Gasteiger partial charge in [-0.15, -0.1) is 0 Å². The molecule has 2 nitrogen and oxygen atoms in total. The lowest BCUT2D eigenvalue weighted by atomic mass is 10.0. The number of hydrogen-bond acceptors (Lipinski definition) is 2. The first kappa shape index (κ1) is 14.8. The van der Waals surface area contributed by atoms with Gasteiger partial charge in [-0.3, -0.25) is 0 Å². The fourth-order valence-electron chi connectivity index (χ4n) is 2.75. The average Bonchev–Trinajstić information content (AvgIpc) is 2.80. The molecule has 0 amide bonds. The molecule has 2 heteroatoms. The van der Waals surface area contributed by atoms with Crippen LogP contribution in [0.2, 0.25) is 0 Å². The summed E-state index contributed by atoms with van der Waals surface area (Å²) >= 11 is 0. The number of aliphatic hydroxyl groups excluding tert-OH is 1.